The summed E-state index contributed by atoms with van der Waals surface area (Å²) in [5.74, 6) is -1.06. The van der Waals surface area contributed by atoms with Crippen molar-refractivity contribution in [3.63, 3.8) is 0 Å². The summed E-state index contributed by atoms with van der Waals surface area (Å²) in [5.41, 5.74) is 0. The van der Waals surface area contributed by atoms with E-state index in [1.807, 2.05) is 6.08 Å². The van der Waals surface area contributed by atoms with Crippen LogP contribution in [0.4, 0.5) is 0 Å². The number of carbonyl (C=O) groups is 3. The van der Waals surface area contributed by atoms with Gasteiger partial charge in [-0.05, 0) is 96.3 Å². The van der Waals surface area contributed by atoms with Crippen LogP contribution in [0.1, 0.15) is 213 Å². The van der Waals surface area contributed by atoms with E-state index in [9.17, 15) is 14.4 Å². The molecule has 0 N–H and O–H groups in total. The van der Waals surface area contributed by atoms with Crippen LogP contribution in [-0.2, 0) is 28.6 Å². The van der Waals surface area contributed by atoms with Crippen molar-refractivity contribution >= 4 is 17.9 Å². The number of hydrogen-bond acceptors (Lipinski definition) is 6. The van der Waals surface area contributed by atoms with Gasteiger partial charge in [-0.25, -0.2) is 0 Å². The molecule has 0 aliphatic rings. The lowest BCUT2D eigenvalue weighted by atomic mass is 10.1. The zero-order chi connectivity index (χ0) is 43.0. The third kappa shape index (κ3) is 45.5. The maximum absolute atomic E-state index is 12.7. The fourth-order valence-corrected chi connectivity index (χ4v) is 6.25. The Kier molecular flexibility index (Phi) is 44.5. The molecule has 336 valence electrons. The van der Waals surface area contributed by atoms with Crippen molar-refractivity contribution in [3.8, 4) is 0 Å². The fourth-order valence-electron chi connectivity index (χ4n) is 6.25. The van der Waals surface area contributed by atoms with Crippen molar-refractivity contribution < 1.29 is 28.6 Å². The Labute approximate surface area is 363 Å². The Bertz CT molecular complexity index is 1170. The summed E-state index contributed by atoms with van der Waals surface area (Å²) in [4.78, 5) is 37.8. The Hall–Kier alpha value is -3.41. The van der Waals surface area contributed by atoms with Crippen LogP contribution in [0.3, 0.4) is 0 Å². The summed E-state index contributed by atoms with van der Waals surface area (Å²) < 4.78 is 16.6. The fraction of sp³-hybridized carbons (Fsp3) is 0.679. The smallest absolute Gasteiger partial charge is 0.306 e. The molecule has 59 heavy (non-hydrogen) atoms. The van der Waals surface area contributed by atoms with Gasteiger partial charge < -0.3 is 14.2 Å². The number of allylic oxidation sites excluding steroid dienone is 14. The van der Waals surface area contributed by atoms with Crippen molar-refractivity contribution in [1.29, 1.82) is 0 Å². The number of ether oxygens (including phenoxy) is 3. The number of esters is 3. The standard InChI is InChI=1S/C53H88O6/c1-4-7-10-13-16-19-22-24-25-26-27-29-31-34-37-40-43-46-52(55)58-49-50(48-57-51(54)45-42-39-36-33-30-21-18-15-12-9-6-3)59-53(56)47-44-41-38-35-32-28-23-20-17-14-11-8-5-2/h9,12,16,18-19,21,24-25,28,32-33,36,38,41,50H,4-8,10-11,13-15,17,20,22-23,26-27,29-31,34-35,37,39-40,42-49H2,1-3H3/b12-9-,19-16-,21-18-,25-24-,32-28-,36-33-,41-38-. The van der Waals surface area contributed by atoms with Gasteiger partial charge in [0.25, 0.3) is 0 Å². The van der Waals surface area contributed by atoms with Gasteiger partial charge in [0.1, 0.15) is 13.2 Å². The number of carbonyl (C=O) groups excluding carboxylic acids is 3. The molecular weight excluding hydrogens is 733 g/mol. The summed E-state index contributed by atoms with van der Waals surface area (Å²) in [5, 5.41) is 0. The van der Waals surface area contributed by atoms with E-state index in [1.165, 1.54) is 89.9 Å². The van der Waals surface area contributed by atoms with Crippen molar-refractivity contribution in [2.24, 2.45) is 0 Å². The van der Waals surface area contributed by atoms with E-state index < -0.39 is 12.1 Å². The average Bonchev–Trinajstić information content (AvgIpc) is 3.23. The van der Waals surface area contributed by atoms with Crippen LogP contribution in [0.25, 0.3) is 0 Å². The summed E-state index contributed by atoms with van der Waals surface area (Å²) in [7, 11) is 0. The molecule has 0 aliphatic carbocycles. The maximum atomic E-state index is 12.7. The molecule has 0 radical (unpaired) electrons. The summed E-state index contributed by atoms with van der Waals surface area (Å²) in [6.45, 7) is 6.36. The molecule has 6 heteroatoms. The molecule has 0 saturated heterocycles. The van der Waals surface area contributed by atoms with Gasteiger partial charge in [-0.3, -0.25) is 14.4 Å². The molecule has 1 unspecified atom stereocenters. The SMILES string of the molecule is CC/C=C\C/C=C\C/C=C\CCCC(=O)OCC(COC(=O)CCCCCCCCC/C=C\C/C=C\CCCCC)OC(=O)CC/C=C\C/C=C\CCCCCCCC. The first-order valence-corrected chi connectivity index (χ1v) is 24.1. The third-order valence-electron chi connectivity index (χ3n) is 9.87. The van der Waals surface area contributed by atoms with Crippen LogP contribution in [-0.4, -0.2) is 37.2 Å². The highest BCUT2D eigenvalue weighted by Gasteiger charge is 2.19. The minimum atomic E-state index is -0.829. The van der Waals surface area contributed by atoms with Gasteiger partial charge >= 0.3 is 17.9 Å². The molecule has 0 aromatic rings. The highest BCUT2D eigenvalue weighted by atomic mass is 16.6. The second-order valence-corrected chi connectivity index (χ2v) is 15.6. The predicted octanol–water partition coefficient (Wildman–Crippen LogP) is 15.6. The highest BCUT2D eigenvalue weighted by Crippen LogP contribution is 2.12. The number of rotatable bonds is 42. The van der Waals surface area contributed by atoms with Crippen LogP contribution in [0.2, 0.25) is 0 Å². The van der Waals surface area contributed by atoms with E-state index in [0.717, 1.165) is 70.6 Å². The number of unbranched alkanes of at least 4 members (excludes halogenated alkanes) is 17. The summed E-state index contributed by atoms with van der Waals surface area (Å²) >= 11 is 0. The Morgan fingerprint density at radius 3 is 1.20 bits per heavy atom. The van der Waals surface area contributed by atoms with Crippen molar-refractivity contribution in [2.45, 2.75) is 219 Å². The first-order chi connectivity index (χ1) is 29.0. The first kappa shape index (κ1) is 55.6. The van der Waals surface area contributed by atoms with Gasteiger partial charge in [0.2, 0.25) is 0 Å². The second-order valence-electron chi connectivity index (χ2n) is 15.6. The zero-order valence-electron chi connectivity index (χ0n) is 38.2. The van der Waals surface area contributed by atoms with Crippen molar-refractivity contribution in [2.75, 3.05) is 13.2 Å². The summed E-state index contributed by atoms with van der Waals surface area (Å²) in [6.07, 6.45) is 60.2. The number of hydrogen-bond donors (Lipinski definition) is 0. The molecule has 0 aliphatic heterocycles. The third-order valence-corrected chi connectivity index (χ3v) is 9.87. The molecule has 0 aromatic heterocycles. The van der Waals surface area contributed by atoms with E-state index in [0.29, 0.717) is 19.3 Å². The minimum Gasteiger partial charge on any atom is -0.462 e. The minimum absolute atomic E-state index is 0.120. The quantitative estimate of drug-likeness (QED) is 0.0264. The lowest BCUT2D eigenvalue weighted by Gasteiger charge is -2.18. The van der Waals surface area contributed by atoms with Gasteiger partial charge in [-0.1, -0.05) is 183 Å². The van der Waals surface area contributed by atoms with Crippen LogP contribution in [0.5, 0.6) is 0 Å². The molecule has 0 spiro atoms. The zero-order valence-corrected chi connectivity index (χ0v) is 38.2. The van der Waals surface area contributed by atoms with Crippen LogP contribution in [0, 0.1) is 0 Å². The monoisotopic (exact) mass is 821 g/mol. The van der Waals surface area contributed by atoms with E-state index in [2.05, 4.69) is 99.8 Å². The van der Waals surface area contributed by atoms with Gasteiger partial charge in [0, 0.05) is 19.3 Å². The van der Waals surface area contributed by atoms with Crippen molar-refractivity contribution in [1.82, 2.24) is 0 Å². The molecule has 6 nitrogen and oxygen atoms in total. The average molecular weight is 821 g/mol. The Morgan fingerprint density at radius 1 is 0.356 bits per heavy atom. The Balaban J connectivity index is 4.49. The maximum Gasteiger partial charge on any atom is 0.306 e. The molecule has 0 amide bonds. The second kappa shape index (κ2) is 47.3. The molecule has 0 bridgehead atoms. The van der Waals surface area contributed by atoms with E-state index in [-0.39, 0.29) is 38.0 Å². The molecule has 0 saturated carbocycles. The van der Waals surface area contributed by atoms with Crippen molar-refractivity contribution in [3.05, 3.63) is 85.1 Å². The van der Waals surface area contributed by atoms with E-state index in [4.69, 9.17) is 14.2 Å². The van der Waals surface area contributed by atoms with Crippen LogP contribution in [0.15, 0.2) is 85.1 Å². The Morgan fingerprint density at radius 2 is 0.712 bits per heavy atom. The molecule has 0 fully saturated rings. The van der Waals surface area contributed by atoms with Gasteiger partial charge in [0.05, 0.1) is 0 Å². The summed E-state index contributed by atoms with van der Waals surface area (Å²) in [6, 6.07) is 0. The molecule has 1 atom stereocenters. The van der Waals surface area contributed by atoms with E-state index >= 15 is 0 Å². The van der Waals surface area contributed by atoms with Crippen LogP contribution < -0.4 is 0 Å². The topological polar surface area (TPSA) is 78.9 Å². The van der Waals surface area contributed by atoms with Gasteiger partial charge in [-0.2, -0.15) is 0 Å². The van der Waals surface area contributed by atoms with Crippen LogP contribution >= 0.6 is 0 Å². The largest absolute Gasteiger partial charge is 0.462 e. The van der Waals surface area contributed by atoms with Gasteiger partial charge in [-0.15, -0.1) is 0 Å². The highest BCUT2D eigenvalue weighted by molar-refractivity contribution is 5.71. The normalized spacial score (nSPS) is 12.8. The molecular formula is C53H88O6. The molecule has 0 heterocycles. The molecule has 0 aromatic carbocycles. The molecule has 0 rings (SSSR count). The first-order valence-electron chi connectivity index (χ1n) is 24.1. The lowest BCUT2D eigenvalue weighted by molar-refractivity contribution is -0.166. The lowest BCUT2D eigenvalue weighted by Crippen LogP contribution is -2.30. The van der Waals surface area contributed by atoms with E-state index in [1.54, 1.807) is 0 Å². The predicted molar refractivity (Wildman–Crippen MR) is 251 cm³/mol. The van der Waals surface area contributed by atoms with Gasteiger partial charge in [0.15, 0.2) is 6.10 Å².